The van der Waals surface area contributed by atoms with Gasteiger partial charge in [-0.1, -0.05) is 19.1 Å². The summed E-state index contributed by atoms with van der Waals surface area (Å²) in [5.41, 5.74) is 0. The number of aliphatic hydroxyl groups is 1. The number of carbonyl (C=O) groups excluding carboxylic acids is 2. The Labute approximate surface area is 96.7 Å². The van der Waals surface area contributed by atoms with Crippen molar-refractivity contribution in [3.63, 3.8) is 0 Å². The fraction of sp³-hybridized carbons (Fsp3) is 0.667. The van der Waals surface area contributed by atoms with Crippen molar-refractivity contribution in [2.24, 2.45) is 11.8 Å². The topological polar surface area (TPSA) is 66.4 Å². The average Bonchev–Trinajstić information content (AvgIpc) is 2.24. The highest BCUT2D eigenvalue weighted by molar-refractivity contribution is 5.86. The van der Waals surface area contributed by atoms with Gasteiger partial charge in [-0.05, 0) is 13.8 Å². The van der Waals surface area contributed by atoms with E-state index >= 15 is 0 Å². The van der Waals surface area contributed by atoms with Crippen LogP contribution in [0.4, 0.5) is 0 Å². The molecule has 0 radical (unpaired) electrons. The van der Waals surface area contributed by atoms with Crippen LogP contribution in [0.5, 0.6) is 0 Å². The van der Waals surface area contributed by atoms with E-state index in [9.17, 15) is 14.7 Å². The molecule has 0 aliphatic heterocycles. The molecule has 1 amide bonds. The van der Waals surface area contributed by atoms with Crippen molar-refractivity contribution in [1.82, 2.24) is 5.32 Å². The molecule has 4 nitrogen and oxygen atoms in total. The van der Waals surface area contributed by atoms with Gasteiger partial charge in [-0.25, -0.2) is 0 Å². The maximum absolute atomic E-state index is 11.6. The van der Waals surface area contributed by atoms with Gasteiger partial charge in [0.15, 0.2) is 0 Å². The third-order valence-electron chi connectivity index (χ3n) is 2.54. The quantitative estimate of drug-likeness (QED) is 0.663. The van der Waals surface area contributed by atoms with Crippen LogP contribution in [0.1, 0.15) is 27.2 Å². The highest BCUT2D eigenvalue weighted by atomic mass is 16.3. The first kappa shape index (κ1) is 14.8. The molecule has 0 aromatic carbocycles. The van der Waals surface area contributed by atoms with Crippen LogP contribution in [0.2, 0.25) is 0 Å². The van der Waals surface area contributed by atoms with E-state index < -0.39 is 12.0 Å². The zero-order chi connectivity index (χ0) is 12.7. The van der Waals surface area contributed by atoms with E-state index in [4.69, 9.17) is 0 Å². The summed E-state index contributed by atoms with van der Waals surface area (Å²) in [6, 6.07) is 0. The second-order valence-electron chi connectivity index (χ2n) is 4.00. The van der Waals surface area contributed by atoms with Gasteiger partial charge in [-0.15, -0.1) is 0 Å². The summed E-state index contributed by atoms with van der Waals surface area (Å²) >= 11 is 0. The van der Waals surface area contributed by atoms with Crippen LogP contribution in [0.3, 0.4) is 0 Å². The number of nitrogens with one attached hydrogen (secondary N) is 1. The first-order valence-corrected chi connectivity index (χ1v) is 5.45. The molecule has 0 rings (SSSR count). The summed E-state index contributed by atoms with van der Waals surface area (Å²) in [7, 11) is 1.50. The normalized spacial score (nSPS) is 16.8. The van der Waals surface area contributed by atoms with Crippen LogP contribution in [-0.4, -0.2) is 29.9 Å². The zero-order valence-electron chi connectivity index (χ0n) is 10.4. The maximum Gasteiger partial charge on any atom is 0.225 e. The maximum atomic E-state index is 11.6. The summed E-state index contributed by atoms with van der Waals surface area (Å²) in [5, 5.41) is 12.5. The van der Waals surface area contributed by atoms with E-state index in [1.54, 1.807) is 0 Å². The van der Waals surface area contributed by atoms with Gasteiger partial charge in [0.1, 0.15) is 5.78 Å². The number of rotatable bonds is 6. The first-order valence-electron chi connectivity index (χ1n) is 5.45. The number of Topliss-reactive ketones (excluding diaryl/α,β-unsaturated/α-hetero) is 1. The number of amides is 1. The predicted octanol–water partition coefficient (Wildman–Crippen LogP) is 0.901. The lowest BCUT2D eigenvalue weighted by Crippen LogP contribution is -2.39. The standard InChI is InChI=1S/C12H21NO3/c1-5-6-8(2)11(15)10(7-9(3)14)12(16)13-4/h5-6,8,10-11,15H,7H2,1-4H3,(H,13,16)/b6-5+/t8-,10+,11-/m1/s1. The fourth-order valence-electron chi connectivity index (χ4n) is 1.65. The molecule has 0 aliphatic rings. The molecule has 92 valence electrons. The van der Waals surface area contributed by atoms with Crippen molar-refractivity contribution in [1.29, 1.82) is 0 Å². The Kier molecular flexibility index (Phi) is 6.65. The lowest BCUT2D eigenvalue weighted by Gasteiger charge is -2.24. The third-order valence-corrected chi connectivity index (χ3v) is 2.54. The minimum Gasteiger partial charge on any atom is -0.392 e. The summed E-state index contributed by atoms with van der Waals surface area (Å²) in [5.74, 6) is -1.21. The molecule has 16 heavy (non-hydrogen) atoms. The number of allylic oxidation sites excluding steroid dienone is 1. The monoisotopic (exact) mass is 227 g/mol. The minimum absolute atomic E-state index is 0.0722. The van der Waals surface area contributed by atoms with Gasteiger partial charge in [0, 0.05) is 19.4 Å². The largest absolute Gasteiger partial charge is 0.392 e. The molecule has 4 heteroatoms. The Bertz CT molecular complexity index is 273. The number of carbonyl (C=O) groups is 2. The zero-order valence-corrected chi connectivity index (χ0v) is 10.4. The van der Waals surface area contributed by atoms with E-state index in [0.717, 1.165) is 0 Å². The Hall–Kier alpha value is -1.16. The van der Waals surface area contributed by atoms with Crippen molar-refractivity contribution < 1.29 is 14.7 Å². The molecule has 0 bridgehead atoms. The molecule has 2 N–H and O–H groups in total. The van der Waals surface area contributed by atoms with Crippen molar-refractivity contribution in [2.75, 3.05) is 7.05 Å². The summed E-state index contributed by atoms with van der Waals surface area (Å²) in [6.45, 7) is 5.09. The molecule has 0 fully saturated rings. The van der Waals surface area contributed by atoms with Crippen molar-refractivity contribution in [2.45, 2.75) is 33.3 Å². The summed E-state index contributed by atoms with van der Waals surface area (Å²) in [6.07, 6.45) is 2.88. The molecule has 0 aromatic rings. The van der Waals surface area contributed by atoms with Gasteiger partial charge in [-0.2, -0.15) is 0 Å². The van der Waals surface area contributed by atoms with Crippen molar-refractivity contribution >= 4 is 11.7 Å². The average molecular weight is 227 g/mol. The van der Waals surface area contributed by atoms with Crippen molar-refractivity contribution in [3.8, 4) is 0 Å². The molecule has 0 saturated carbocycles. The predicted molar refractivity (Wildman–Crippen MR) is 62.8 cm³/mol. The fourth-order valence-corrected chi connectivity index (χ4v) is 1.65. The smallest absolute Gasteiger partial charge is 0.225 e. The Morgan fingerprint density at radius 1 is 1.44 bits per heavy atom. The van der Waals surface area contributed by atoms with Crippen LogP contribution in [0.25, 0.3) is 0 Å². The first-order chi connectivity index (χ1) is 7.43. The molecule has 0 saturated heterocycles. The molecule has 0 spiro atoms. The molecule has 0 aliphatic carbocycles. The van der Waals surface area contributed by atoms with Gasteiger partial charge < -0.3 is 15.2 Å². The van der Waals surface area contributed by atoms with Crippen LogP contribution >= 0.6 is 0 Å². The number of aliphatic hydroxyl groups excluding tert-OH is 1. The molecule has 0 unspecified atom stereocenters. The lowest BCUT2D eigenvalue weighted by molar-refractivity contribution is -0.133. The molecular weight excluding hydrogens is 206 g/mol. The van der Waals surface area contributed by atoms with E-state index in [1.807, 2.05) is 26.0 Å². The highest BCUT2D eigenvalue weighted by Crippen LogP contribution is 2.18. The second kappa shape index (κ2) is 7.17. The van der Waals surface area contributed by atoms with E-state index in [1.165, 1.54) is 14.0 Å². The third kappa shape index (κ3) is 4.57. The van der Waals surface area contributed by atoms with E-state index in [0.29, 0.717) is 0 Å². The van der Waals surface area contributed by atoms with Gasteiger partial charge in [-0.3, -0.25) is 4.79 Å². The van der Waals surface area contributed by atoms with Gasteiger partial charge >= 0.3 is 0 Å². The number of ketones is 1. The summed E-state index contributed by atoms with van der Waals surface area (Å²) < 4.78 is 0. The minimum atomic E-state index is -0.833. The van der Waals surface area contributed by atoms with Crippen LogP contribution in [0, 0.1) is 11.8 Å². The van der Waals surface area contributed by atoms with E-state index in [2.05, 4.69) is 5.32 Å². The Morgan fingerprint density at radius 2 is 2.00 bits per heavy atom. The Morgan fingerprint density at radius 3 is 2.38 bits per heavy atom. The number of hydrogen-bond donors (Lipinski definition) is 2. The van der Waals surface area contributed by atoms with Gasteiger partial charge in [0.2, 0.25) is 5.91 Å². The molecule has 3 atom stereocenters. The van der Waals surface area contributed by atoms with Gasteiger partial charge in [0.05, 0.1) is 12.0 Å². The SMILES string of the molecule is C/C=C/[C@@H](C)[C@@H](O)[C@H](CC(C)=O)C(=O)NC. The van der Waals surface area contributed by atoms with Crippen LogP contribution in [0.15, 0.2) is 12.2 Å². The van der Waals surface area contributed by atoms with Crippen LogP contribution < -0.4 is 5.32 Å². The van der Waals surface area contributed by atoms with Crippen LogP contribution in [-0.2, 0) is 9.59 Å². The lowest BCUT2D eigenvalue weighted by atomic mass is 9.87. The van der Waals surface area contributed by atoms with Gasteiger partial charge in [0.25, 0.3) is 0 Å². The second-order valence-corrected chi connectivity index (χ2v) is 4.00. The highest BCUT2D eigenvalue weighted by Gasteiger charge is 2.30. The van der Waals surface area contributed by atoms with E-state index in [-0.39, 0.29) is 24.0 Å². The summed E-state index contributed by atoms with van der Waals surface area (Å²) in [4.78, 5) is 22.6. The molecule has 0 heterocycles. The molecule has 0 aromatic heterocycles. The molecular formula is C12H21NO3. The van der Waals surface area contributed by atoms with Crippen molar-refractivity contribution in [3.05, 3.63) is 12.2 Å². The number of hydrogen-bond acceptors (Lipinski definition) is 3. The Balaban J connectivity index is 4.73.